The molecular formula is C25H25N3O4. The molecule has 0 radical (unpaired) electrons. The SMILES string of the molecule is COc1ccc(CNC(=O)C[C@H]2c3ncccc3C(=O)N2c2cccc(C)c2)c(OC)c1. The average molecular weight is 431 g/mol. The largest absolute Gasteiger partial charge is 0.497 e. The molecule has 1 N–H and O–H groups in total. The minimum absolute atomic E-state index is 0.0994. The van der Waals surface area contributed by atoms with Crippen molar-refractivity contribution in [2.24, 2.45) is 0 Å². The molecule has 3 aromatic rings. The van der Waals surface area contributed by atoms with Crippen LogP contribution >= 0.6 is 0 Å². The van der Waals surface area contributed by atoms with Gasteiger partial charge in [-0.3, -0.25) is 19.5 Å². The Hall–Kier alpha value is -3.87. The molecule has 1 aliphatic heterocycles. The van der Waals surface area contributed by atoms with Gasteiger partial charge in [-0.25, -0.2) is 0 Å². The maximum atomic E-state index is 13.1. The molecule has 0 bridgehead atoms. The number of hydrogen-bond acceptors (Lipinski definition) is 5. The maximum absolute atomic E-state index is 13.1. The first-order valence-corrected chi connectivity index (χ1v) is 10.3. The van der Waals surface area contributed by atoms with E-state index >= 15 is 0 Å². The number of benzene rings is 2. The van der Waals surface area contributed by atoms with Gasteiger partial charge >= 0.3 is 0 Å². The third kappa shape index (κ3) is 4.14. The number of fused-ring (bicyclic) bond motifs is 1. The topological polar surface area (TPSA) is 80.8 Å². The number of pyridine rings is 1. The lowest BCUT2D eigenvalue weighted by molar-refractivity contribution is -0.121. The number of rotatable bonds is 7. The highest BCUT2D eigenvalue weighted by molar-refractivity contribution is 6.11. The molecule has 7 nitrogen and oxygen atoms in total. The zero-order valence-corrected chi connectivity index (χ0v) is 18.3. The Morgan fingerprint density at radius 3 is 2.69 bits per heavy atom. The van der Waals surface area contributed by atoms with Gasteiger partial charge in [-0.05, 0) is 48.9 Å². The highest BCUT2D eigenvalue weighted by Crippen LogP contribution is 2.38. The van der Waals surface area contributed by atoms with Crippen LogP contribution in [-0.4, -0.2) is 31.0 Å². The number of carbonyl (C=O) groups is 2. The fourth-order valence-electron chi connectivity index (χ4n) is 3.96. The molecule has 0 unspecified atom stereocenters. The van der Waals surface area contributed by atoms with Crippen molar-refractivity contribution in [2.45, 2.75) is 25.9 Å². The zero-order chi connectivity index (χ0) is 22.7. The van der Waals surface area contributed by atoms with Gasteiger partial charge in [0.05, 0.1) is 37.9 Å². The smallest absolute Gasteiger partial charge is 0.260 e. The summed E-state index contributed by atoms with van der Waals surface area (Å²) in [6.45, 7) is 2.27. The van der Waals surface area contributed by atoms with E-state index in [2.05, 4.69) is 10.3 Å². The first kappa shape index (κ1) is 21.4. The second-order valence-corrected chi connectivity index (χ2v) is 7.62. The summed E-state index contributed by atoms with van der Waals surface area (Å²) >= 11 is 0. The summed E-state index contributed by atoms with van der Waals surface area (Å²) in [5.74, 6) is 0.983. The fourth-order valence-corrected chi connectivity index (χ4v) is 3.96. The van der Waals surface area contributed by atoms with E-state index in [-0.39, 0.29) is 18.2 Å². The maximum Gasteiger partial charge on any atom is 0.260 e. The van der Waals surface area contributed by atoms with E-state index in [1.54, 1.807) is 43.5 Å². The molecule has 1 atom stereocenters. The summed E-state index contributed by atoms with van der Waals surface area (Å²) in [4.78, 5) is 32.2. The lowest BCUT2D eigenvalue weighted by Crippen LogP contribution is -2.33. The summed E-state index contributed by atoms with van der Waals surface area (Å²) < 4.78 is 10.6. The van der Waals surface area contributed by atoms with Crippen LogP contribution in [0.4, 0.5) is 5.69 Å². The third-order valence-corrected chi connectivity index (χ3v) is 5.54. The normalized spacial score (nSPS) is 14.8. The first-order chi connectivity index (χ1) is 15.5. The second-order valence-electron chi connectivity index (χ2n) is 7.62. The van der Waals surface area contributed by atoms with Crippen LogP contribution in [0.1, 0.15) is 39.6 Å². The van der Waals surface area contributed by atoms with E-state index in [1.807, 2.05) is 43.3 Å². The molecule has 0 aliphatic carbocycles. The van der Waals surface area contributed by atoms with Gasteiger partial charge in [0.2, 0.25) is 5.91 Å². The molecule has 4 rings (SSSR count). The molecule has 0 saturated carbocycles. The van der Waals surface area contributed by atoms with Gasteiger partial charge in [-0.1, -0.05) is 12.1 Å². The zero-order valence-electron chi connectivity index (χ0n) is 18.3. The molecule has 32 heavy (non-hydrogen) atoms. The van der Waals surface area contributed by atoms with Crippen LogP contribution in [0.2, 0.25) is 0 Å². The molecule has 2 aromatic carbocycles. The lowest BCUT2D eigenvalue weighted by atomic mass is 10.1. The van der Waals surface area contributed by atoms with E-state index in [4.69, 9.17) is 9.47 Å². The number of hydrogen-bond donors (Lipinski definition) is 1. The minimum Gasteiger partial charge on any atom is -0.497 e. The number of anilines is 1. The lowest BCUT2D eigenvalue weighted by Gasteiger charge is -2.25. The first-order valence-electron chi connectivity index (χ1n) is 10.3. The Kier molecular flexibility index (Phi) is 6.07. The van der Waals surface area contributed by atoms with Gasteiger partial charge in [0.15, 0.2) is 0 Å². The molecule has 0 spiro atoms. The number of nitrogens with one attached hydrogen (secondary N) is 1. The van der Waals surface area contributed by atoms with Gasteiger partial charge in [0, 0.05) is 30.1 Å². The molecular weight excluding hydrogens is 406 g/mol. The second kappa shape index (κ2) is 9.09. The Balaban J connectivity index is 1.54. The van der Waals surface area contributed by atoms with Crippen molar-refractivity contribution in [3.8, 4) is 11.5 Å². The predicted molar refractivity (Wildman–Crippen MR) is 121 cm³/mol. The van der Waals surface area contributed by atoms with Crippen molar-refractivity contribution in [1.82, 2.24) is 10.3 Å². The summed E-state index contributed by atoms with van der Waals surface area (Å²) in [6.07, 6.45) is 1.75. The van der Waals surface area contributed by atoms with Crippen LogP contribution in [0.15, 0.2) is 60.8 Å². The van der Waals surface area contributed by atoms with Gasteiger partial charge < -0.3 is 14.8 Å². The Morgan fingerprint density at radius 1 is 1.09 bits per heavy atom. The van der Waals surface area contributed by atoms with E-state index < -0.39 is 6.04 Å². The highest BCUT2D eigenvalue weighted by atomic mass is 16.5. The van der Waals surface area contributed by atoms with Crippen LogP contribution in [0, 0.1) is 6.92 Å². The molecule has 0 saturated heterocycles. The molecule has 7 heteroatoms. The van der Waals surface area contributed by atoms with Crippen molar-refractivity contribution in [1.29, 1.82) is 0 Å². The Labute approximate surface area is 187 Å². The van der Waals surface area contributed by atoms with E-state index in [9.17, 15) is 9.59 Å². The van der Waals surface area contributed by atoms with Gasteiger partial charge in [-0.15, -0.1) is 0 Å². The van der Waals surface area contributed by atoms with Gasteiger partial charge in [-0.2, -0.15) is 0 Å². The Morgan fingerprint density at radius 2 is 1.94 bits per heavy atom. The molecule has 2 amide bonds. The van der Waals surface area contributed by atoms with Crippen molar-refractivity contribution < 1.29 is 19.1 Å². The summed E-state index contributed by atoms with van der Waals surface area (Å²) in [7, 11) is 3.16. The minimum atomic E-state index is -0.474. The summed E-state index contributed by atoms with van der Waals surface area (Å²) in [5, 5.41) is 2.94. The van der Waals surface area contributed by atoms with Gasteiger partial charge in [0.1, 0.15) is 11.5 Å². The van der Waals surface area contributed by atoms with Crippen LogP contribution in [0.3, 0.4) is 0 Å². The number of amides is 2. The number of ether oxygens (including phenoxy) is 2. The molecule has 2 heterocycles. The number of carbonyl (C=O) groups excluding carboxylic acids is 2. The van der Waals surface area contributed by atoms with E-state index in [0.29, 0.717) is 29.3 Å². The molecule has 1 aliphatic rings. The number of methoxy groups -OCH3 is 2. The standard InChI is InChI=1S/C25H25N3O4/c1-16-6-4-7-18(12-16)28-21(24-20(25(28)30)8-5-11-26-24)14-23(29)27-15-17-9-10-19(31-2)13-22(17)32-3/h4-13,21H,14-15H2,1-3H3,(H,27,29)/t21-/m0/s1. The van der Waals surface area contributed by atoms with Crippen LogP contribution in [0.25, 0.3) is 0 Å². The number of aryl methyl sites for hydroxylation is 1. The number of aromatic nitrogens is 1. The average Bonchev–Trinajstić information content (AvgIpc) is 3.09. The third-order valence-electron chi connectivity index (χ3n) is 5.54. The quantitative estimate of drug-likeness (QED) is 0.615. The Bertz CT molecular complexity index is 1160. The highest BCUT2D eigenvalue weighted by Gasteiger charge is 2.39. The molecule has 164 valence electrons. The summed E-state index contributed by atoms with van der Waals surface area (Å²) in [6, 6.07) is 16.2. The van der Waals surface area contributed by atoms with Gasteiger partial charge in [0.25, 0.3) is 5.91 Å². The fraction of sp³-hybridized carbons (Fsp3) is 0.240. The van der Waals surface area contributed by atoms with Crippen molar-refractivity contribution in [3.05, 3.63) is 83.2 Å². The monoisotopic (exact) mass is 431 g/mol. The van der Waals surface area contributed by atoms with Crippen molar-refractivity contribution >= 4 is 17.5 Å². The molecule has 1 aromatic heterocycles. The predicted octanol–water partition coefficient (Wildman–Crippen LogP) is 3.82. The van der Waals surface area contributed by atoms with Crippen molar-refractivity contribution in [2.75, 3.05) is 19.1 Å². The van der Waals surface area contributed by atoms with E-state index in [0.717, 1.165) is 16.8 Å². The van der Waals surface area contributed by atoms with Crippen LogP contribution in [0.5, 0.6) is 11.5 Å². The van der Waals surface area contributed by atoms with Crippen LogP contribution in [-0.2, 0) is 11.3 Å². The van der Waals surface area contributed by atoms with E-state index in [1.165, 1.54) is 0 Å². The summed E-state index contributed by atoms with van der Waals surface area (Å²) in [5.41, 5.74) is 3.77. The molecule has 0 fully saturated rings. The number of nitrogens with zero attached hydrogens (tertiary/aromatic N) is 2. The van der Waals surface area contributed by atoms with Crippen LogP contribution < -0.4 is 19.7 Å². The van der Waals surface area contributed by atoms with Crippen molar-refractivity contribution in [3.63, 3.8) is 0 Å².